The van der Waals surface area contributed by atoms with Crippen LogP contribution in [0, 0.1) is 0 Å². The van der Waals surface area contributed by atoms with E-state index in [1.807, 2.05) is 24.3 Å². The number of nitrogens with one attached hydrogen (secondary N) is 1. The van der Waals surface area contributed by atoms with Crippen molar-refractivity contribution in [2.24, 2.45) is 0 Å². The molecule has 3 nitrogen and oxygen atoms in total. The van der Waals surface area contributed by atoms with E-state index in [0.29, 0.717) is 24.4 Å². The summed E-state index contributed by atoms with van der Waals surface area (Å²) in [6, 6.07) is 7.50. The van der Waals surface area contributed by atoms with Gasteiger partial charge in [0.25, 0.3) is 0 Å². The average Bonchev–Trinajstić information content (AvgIpc) is 2.76. The zero-order valence-electron chi connectivity index (χ0n) is 9.58. The molecular weight excluding hydrogens is 238 g/mol. The molecule has 0 aliphatic heterocycles. The van der Waals surface area contributed by atoms with Crippen molar-refractivity contribution in [3.05, 3.63) is 34.9 Å². The molecule has 92 valence electrons. The summed E-state index contributed by atoms with van der Waals surface area (Å²) in [5.41, 5.74) is 0.285. The van der Waals surface area contributed by atoms with Crippen LogP contribution in [0.15, 0.2) is 24.3 Å². The Morgan fingerprint density at radius 2 is 2.12 bits per heavy atom. The molecule has 1 aromatic carbocycles. The van der Waals surface area contributed by atoms with Crippen LogP contribution in [0.3, 0.4) is 0 Å². The van der Waals surface area contributed by atoms with E-state index >= 15 is 0 Å². The van der Waals surface area contributed by atoms with Gasteiger partial charge in [0.1, 0.15) is 5.54 Å². The molecule has 2 N–H and O–H groups in total. The normalized spacial score (nSPS) is 18.2. The van der Waals surface area contributed by atoms with E-state index in [1.165, 1.54) is 0 Å². The van der Waals surface area contributed by atoms with Crippen LogP contribution in [-0.2, 0) is 11.3 Å². The fourth-order valence-electron chi connectivity index (χ4n) is 2.36. The van der Waals surface area contributed by atoms with Crippen LogP contribution in [0.4, 0.5) is 0 Å². The zero-order valence-corrected chi connectivity index (χ0v) is 10.3. The second-order valence-electron chi connectivity index (χ2n) is 4.58. The van der Waals surface area contributed by atoms with Gasteiger partial charge in [-0.05, 0) is 30.5 Å². The summed E-state index contributed by atoms with van der Waals surface area (Å²) < 4.78 is 0. The predicted octanol–water partition coefficient (Wildman–Crippen LogP) is 2.83. The number of rotatable bonds is 4. The first-order valence-electron chi connectivity index (χ1n) is 5.85. The molecule has 0 heterocycles. The first kappa shape index (κ1) is 12.4. The Labute approximate surface area is 106 Å². The number of carboxylic acids is 1. The molecule has 1 aliphatic rings. The SMILES string of the molecule is O=C(O)C1(NCc2cccc(Cl)c2)CCCC1. The van der Waals surface area contributed by atoms with Gasteiger partial charge in [-0.15, -0.1) is 0 Å². The van der Waals surface area contributed by atoms with E-state index in [4.69, 9.17) is 11.6 Å². The van der Waals surface area contributed by atoms with E-state index in [2.05, 4.69) is 5.32 Å². The highest BCUT2D eigenvalue weighted by atomic mass is 35.5. The van der Waals surface area contributed by atoms with Gasteiger partial charge in [0.15, 0.2) is 0 Å². The number of benzene rings is 1. The number of halogens is 1. The maximum atomic E-state index is 11.3. The number of carbonyl (C=O) groups is 1. The lowest BCUT2D eigenvalue weighted by atomic mass is 9.97. The summed E-state index contributed by atoms with van der Waals surface area (Å²) in [7, 11) is 0. The van der Waals surface area contributed by atoms with Gasteiger partial charge in [-0.2, -0.15) is 0 Å². The number of hydrogen-bond acceptors (Lipinski definition) is 2. The van der Waals surface area contributed by atoms with Crippen LogP contribution < -0.4 is 5.32 Å². The maximum absolute atomic E-state index is 11.3. The third kappa shape index (κ3) is 2.79. The van der Waals surface area contributed by atoms with Crippen molar-refractivity contribution in [3.63, 3.8) is 0 Å². The third-order valence-corrected chi connectivity index (χ3v) is 3.62. The third-order valence-electron chi connectivity index (χ3n) is 3.39. The van der Waals surface area contributed by atoms with Crippen molar-refractivity contribution in [1.29, 1.82) is 0 Å². The Balaban J connectivity index is 2.03. The van der Waals surface area contributed by atoms with Crippen LogP contribution in [0.1, 0.15) is 31.2 Å². The highest BCUT2D eigenvalue weighted by Crippen LogP contribution is 2.30. The first-order chi connectivity index (χ1) is 8.12. The molecule has 0 radical (unpaired) electrons. The van der Waals surface area contributed by atoms with E-state index in [-0.39, 0.29) is 0 Å². The Hall–Kier alpha value is -1.06. The van der Waals surface area contributed by atoms with Crippen LogP contribution in [0.25, 0.3) is 0 Å². The topological polar surface area (TPSA) is 49.3 Å². The van der Waals surface area contributed by atoms with Gasteiger partial charge in [0, 0.05) is 11.6 Å². The van der Waals surface area contributed by atoms with Crippen LogP contribution in [0.5, 0.6) is 0 Å². The second kappa shape index (κ2) is 5.07. The lowest BCUT2D eigenvalue weighted by Crippen LogP contribution is -2.49. The molecule has 1 aromatic rings. The van der Waals surface area contributed by atoms with E-state index in [0.717, 1.165) is 18.4 Å². The highest BCUT2D eigenvalue weighted by Gasteiger charge is 2.40. The minimum Gasteiger partial charge on any atom is -0.480 e. The first-order valence-corrected chi connectivity index (χ1v) is 6.23. The molecule has 0 spiro atoms. The molecule has 2 rings (SSSR count). The molecule has 0 unspecified atom stereocenters. The Bertz CT molecular complexity index is 414. The van der Waals surface area contributed by atoms with Gasteiger partial charge in [-0.3, -0.25) is 10.1 Å². The van der Waals surface area contributed by atoms with Crippen molar-refractivity contribution in [2.75, 3.05) is 0 Å². The van der Waals surface area contributed by atoms with Gasteiger partial charge >= 0.3 is 5.97 Å². The van der Waals surface area contributed by atoms with Gasteiger partial charge < -0.3 is 5.11 Å². The standard InChI is InChI=1S/C13H16ClNO2/c14-11-5-3-4-10(8-11)9-15-13(12(16)17)6-1-2-7-13/h3-5,8,15H,1-2,6-7,9H2,(H,16,17). The predicted molar refractivity (Wildman–Crippen MR) is 67.1 cm³/mol. The molecule has 0 amide bonds. The quantitative estimate of drug-likeness (QED) is 0.868. The minimum absolute atomic E-state index is 0.548. The summed E-state index contributed by atoms with van der Waals surface area (Å²) in [5.74, 6) is -0.739. The van der Waals surface area contributed by atoms with E-state index < -0.39 is 11.5 Å². The molecular formula is C13H16ClNO2. The summed E-state index contributed by atoms with van der Waals surface area (Å²) in [6.07, 6.45) is 3.38. The van der Waals surface area contributed by atoms with Crippen molar-refractivity contribution in [1.82, 2.24) is 5.32 Å². The van der Waals surface area contributed by atoms with Gasteiger partial charge in [-0.1, -0.05) is 36.6 Å². The van der Waals surface area contributed by atoms with E-state index in [9.17, 15) is 9.90 Å². The smallest absolute Gasteiger partial charge is 0.323 e. The monoisotopic (exact) mass is 253 g/mol. The molecule has 0 bridgehead atoms. The van der Waals surface area contributed by atoms with Crippen LogP contribution in [-0.4, -0.2) is 16.6 Å². The zero-order chi connectivity index (χ0) is 12.3. The molecule has 17 heavy (non-hydrogen) atoms. The Morgan fingerprint density at radius 3 is 2.71 bits per heavy atom. The van der Waals surface area contributed by atoms with Gasteiger partial charge in [0.05, 0.1) is 0 Å². The van der Waals surface area contributed by atoms with Crippen molar-refractivity contribution in [2.45, 2.75) is 37.8 Å². The van der Waals surface area contributed by atoms with Crippen molar-refractivity contribution >= 4 is 17.6 Å². The summed E-state index contributed by atoms with van der Waals surface area (Å²) in [5, 5.41) is 13.2. The Kier molecular flexibility index (Phi) is 3.69. The lowest BCUT2D eigenvalue weighted by molar-refractivity contribution is -0.144. The van der Waals surface area contributed by atoms with Crippen LogP contribution >= 0.6 is 11.6 Å². The molecule has 0 saturated heterocycles. The Morgan fingerprint density at radius 1 is 1.41 bits per heavy atom. The average molecular weight is 254 g/mol. The maximum Gasteiger partial charge on any atom is 0.323 e. The van der Waals surface area contributed by atoms with Crippen molar-refractivity contribution in [3.8, 4) is 0 Å². The number of aliphatic carboxylic acids is 1. The lowest BCUT2D eigenvalue weighted by Gasteiger charge is -2.25. The van der Waals surface area contributed by atoms with E-state index in [1.54, 1.807) is 0 Å². The number of carboxylic acid groups (broad SMARTS) is 1. The summed E-state index contributed by atoms with van der Waals surface area (Å²) in [4.78, 5) is 11.3. The number of hydrogen-bond donors (Lipinski definition) is 2. The van der Waals surface area contributed by atoms with Crippen molar-refractivity contribution < 1.29 is 9.90 Å². The molecule has 0 aromatic heterocycles. The largest absolute Gasteiger partial charge is 0.480 e. The summed E-state index contributed by atoms with van der Waals surface area (Å²) in [6.45, 7) is 0.548. The molecule has 4 heteroatoms. The molecule has 0 atom stereocenters. The van der Waals surface area contributed by atoms with Crippen LogP contribution in [0.2, 0.25) is 5.02 Å². The fraction of sp³-hybridized carbons (Fsp3) is 0.462. The second-order valence-corrected chi connectivity index (χ2v) is 5.01. The fourth-order valence-corrected chi connectivity index (χ4v) is 2.58. The molecule has 1 saturated carbocycles. The van der Waals surface area contributed by atoms with Gasteiger partial charge in [-0.25, -0.2) is 0 Å². The summed E-state index contributed by atoms with van der Waals surface area (Å²) >= 11 is 5.89. The molecule has 1 fully saturated rings. The van der Waals surface area contributed by atoms with Gasteiger partial charge in [0.2, 0.25) is 0 Å². The highest BCUT2D eigenvalue weighted by molar-refractivity contribution is 6.30. The minimum atomic E-state index is -0.739. The molecule has 1 aliphatic carbocycles.